The van der Waals surface area contributed by atoms with Crippen LogP contribution in [0.1, 0.15) is 0 Å². The van der Waals surface area contributed by atoms with E-state index in [0.717, 1.165) is 0 Å². The first-order valence-electron chi connectivity index (χ1n) is 4.80. The minimum Gasteiger partial charge on any atom is -0.394 e. The first kappa shape index (κ1) is 19.8. The predicted octanol–water partition coefficient (Wildman–Crippen LogP) is -3.76. The highest BCUT2D eigenvalue weighted by Gasteiger charge is 2.46. The van der Waals surface area contributed by atoms with E-state index in [1.165, 1.54) is 0 Å². The van der Waals surface area contributed by atoms with Crippen LogP contribution in [0.15, 0.2) is 0 Å². The van der Waals surface area contributed by atoms with Gasteiger partial charge in [-0.05, 0) is 0 Å². The van der Waals surface area contributed by atoms with E-state index in [0.29, 0.717) is 0 Å². The summed E-state index contributed by atoms with van der Waals surface area (Å²) in [5.74, 6) is 0. The zero-order valence-corrected chi connectivity index (χ0v) is 11.4. The Balaban J connectivity index is 5.02. The van der Waals surface area contributed by atoms with Gasteiger partial charge in [-0.3, -0.25) is 9.36 Å². The van der Waals surface area contributed by atoms with E-state index in [-0.39, 0.29) is 0 Å². The number of phosphoric acid groups is 1. The van der Waals surface area contributed by atoms with Gasteiger partial charge in [0.1, 0.15) is 18.3 Å². The standard InChI is InChI=1S/C6H14O12P2/c7-1-2(8)3(9)4(10)5(11)6(12)19(13,14)18-20(15,16)17/h2-5,7-11H,1H2,(H,13,14)(H2,15,16,17)/t2-,3+,4+,5-/m1/s1. The number of aliphatic hydroxyl groups is 5. The molecule has 0 aliphatic rings. The normalized spacial score (nSPS) is 21.6. The molecule has 1 unspecified atom stereocenters. The van der Waals surface area contributed by atoms with E-state index in [1.54, 1.807) is 0 Å². The second-order valence-corrected chi connectivity index (χ2v) is 6.72. The molecule has 0 aromatic heterocycles. The Hall–Kier alpha value is -0.230. The summed E-state index contributed by atoms with van der Waals surface area (Å²) in [6.07, 6.45) is -9.55. The van der Waals surface area contributed by atoms with Crippen LogP contribution in [0.2, 0.25) is 0 Å². The molecule has 8 N–H and O–H groups in total. The highest BCUT2D eigenvalue weighted by atomic mass is 31.3. The second-order valence-electron chi connectivity index (χ2n) is 3.61. The number of carbonyl (C=O) groups is 1. The molecule has 0 aliphatic carbocycles. The number of hydrogen-bond acceptors (Lipinski definition) is 9. The Kier molecular flexibility index (Phi) is 7.08. The summed E-state index contributed by atoms with van der Waals surface area (Å²) in [6, 6.07) is 0. The Morgan fingerprint density at radius 3 is 1.80 bits per heavy atom. The molecular weight excluding hydrogens is 326 g/mol. The second kappa shape index (κ2) is 7.16. The van der Waals surface area contributed by atoms with Gasteiger partial charge in [0.15, 0.2) is 6.10 Å². The molecule has 0 aliphatic heterocycles. The third-order valence-electron chi connectivity index (χ3n) is 2.00. The Bertz CT molecular complexity index is 430. The summed E-state index contributed by atoms with van der Waals surface area (Å²) >= 11 is 0. The molecule has 12 nitrogen and oxygen atoms in total. The number of rotatable bonds is 8. The van der Waals surface area contributed by atoms with Crippen molar-refractivity contribution >= 4 is 20.9 Å². The SMILES string of the molecule is O=C([C@H](O)[C@@H](O)[C@@H](O)[C@H](O)CO)P(=O)(O)OP(=O)(O)O. The van der Waals surface area contributed by atoms with Crippen LogP contribution in [-0.4, -0.2) is 76.8 Å². The molecule has 20 heavy (non-hydrogen) atoms. The molecule has 0 aromatic carbocycles. The summed E-state index contributed by atoms with van der Waals surface area (Å²) in [6.45, 7) is -1.06. The van der Waals surface area contributed by atoms with Crippen LogP contribution in [-0.2, 0) is 18.2 Å². The Labute approximate surface area is 111 Å². The molecule has 0 saturated carbocycles. The van der Waals surface area contributed by atoms with E-state index in [1.807, 2.05) is 0 Å². The van der Waals surface area contributed by atoms with E-state index in [2.05, 4.69) is 4.31 Å². The van der Waals surface area contributed by atoms with E-state index in [9.17, 15) is 24.1 Å². The van der Waals surface area contributed by atoms with Crippen LogP contribution in [0, 0.1) is 0 Å². The average Bonchev–Trinajstić information content (AvgIpc) is 2.31. The third kappa shape index (κ3) is 5.64. The fraction of sp³-hybridized carbons (Fsp3) is 0.833. The smallest absolute Gasteiger partial charge is 0.394 e. The lowest BCUT2D eigenvalue weighted by molar-refractivity contribution is -0.141. The first-order valence-corrected chi connectivity index (χ1v) is 7.91. The average molecular weight is 340 g/mol. The monoisotopic (exact) mass is 340 g/mol. The highest BCUT2D eigenvalue weighted by Crippen LogP contribution is 2.58. The van der Waals surface area contributed by atoms with Gasteiger partial charge >= 0.3 is 15.4 Å². The van der Waals surface area contributed by atoms with Crippen molar-refractivity contribution in [1.82, 2.24) is 0 Å². The van der Waals surface area contributed by atoms with Gasteiger partial charge in [-0.15, -0.1) is 0 Å². The molecule has 0 amide bonds. The van der Waals surface area contributed by atoms with Crippen LogP contribution < -0.4 is 0 Å². The van der Waals surface area contributed by atoms with Crippen LogP contribution in [0.4, 0.5) is 0 Å². The molecule has 0 radical (unpaired) electrons. The van der Waals surface area contributed by atoms with Crippen molar-refractivity contribution in [3.63, 3.8) is 0 Å². The lowest BCUT2D eigenvalue weighted by Gasteiger charge is -2.25. The molecule has 0 aromatic rings. The van der Waals surface area contributed by atoms with Crippen molar-refractivity contribution in [3.05, 3.63) is 0 Å². The maximum atomic E-state index is 11.3. The molecule has 0 bridgehead atoms. The third-order valence-corrected chi connectivity index (χ3v) is 4.56. The van der Waals surface area contributed by atoms with Crippen molar-refractivity contribution in [3.8, 4) is 0 Å². The number of carbonyl (C=O) groups excluding carboxylic acids is 1. The zero-order chi connectivity index (χ0) is 16.3. The maximum absolute atomic E-state index is 11.3. The Morgan fingerprint density at radius 1 is 1.00 bits per heavy atom. The lowest BCUT2D eigenvalue weighted by atomic mass is 10.0. The van der Waals surface area contributed by atoms with Crippen molar-refractivity contribution in [2.45, 2.75) is 24.4 Å². The summed E-state index contributed by atoms with van der Waals surface area (Å²) in [4.78, 5) is 36.8. The lowest BCUT2D eigenvalue weighted by Crippen LogP contribution is -2.48. The van der Waals surface area contributed by atoms with Gasteiger partial charge in [-0.2, -0.15) is 0 Å². The van der Waals surface area contributed by atoms with Gasteiger partial charge in [-0.25, -0.2) is 8.88 Å². The fourth-order valence-corrected chi connectivity index (χ4v) is 2.98. The molecule has 0 fully saturated rings. The summed E-state index contributed by atoms with van der Waals surface area (Å²) in [7, 11) is -11.2. The van der Waals surface area contributed by atoms with Gasteiger partial charge in [-0.1, -0.05) is 0 Å². The highest BCUT2D eigenvalue weighted by molar-refractivity contribution is 7.76. The minimum atomic E-state index is -5.66. The van der Waals surface area contributed by atoms with Crippen LogP contribution >= 0.6 is 15.4 Å². The van der Waals surface area contributed by atoms with E-state index in [4.69, 9.17) is 30.0 Å². The van der Waals surface area contributed by atoms with Gasteiger partial charge in [0.05, 0.1) is 6.61 Å². The molecular formula is C6H14O12P2. The van der Waals surface area contributed by atoms with Crippen LogP contribution in [0.25, 0.3) is 0 Å². The topological polar surface area (TPSA) is 222 Å². The molecule has 0 heterocycles. The maximum Gasteiger partial charge on any atom is 0.477 e. The fourth-order valence-electron chi connectivity index (χ4n) is 1.02. The molecule has 120 valence electrons. The van der Waals surface area contributed by atoms with E-state index >= 15 is 0 Å². The Morgan fingerprint density at radius 2 is 1.45 bits per heavy atom. The van der Waals surface area contributed by atoms with Crippen LogP contribution in [0.3, 0.4) is 0 Å². The zero-order valence-electron chi connectivity index (χ0n) is 9.62. The molecule has 0 spiro atoms. The van der Waals surface area contributed by atoms with Crippen LogP contribution in [0.5, 0.6) is 0 Å². The van der Waals surface area contributed by atoms with Gasteiger partial charge in [0, 0.05) is 0 Å². The summed E-state index contributed by atoms with van der Waals surface area (Å²) in [5, 5.41) is 45.0. The largest absolute Gasteiger partial charge is 0.477 e. The van der Waals surface area contributed by atoms with Gasteiger partial charge in [0.2, 0.25) is 0 Å². The van der Waals surface area contributed by atoms with Crippen molar-refractivity contribution in [1.29, 1.82) is 0 Å². The van der Waals surface area contributed by atoms with E-state index < -0.39 is 52.0 Å². The van der Waals surface area contributed by atoms with Gasteiger partial charge in [0.25, 0.3) is 5.52 Å². The molecule has 5 atom stereocenters. The van der Waals surface area contributed by atoms with Crippen molar-refractivity contribution in [2.75, 3.05) is 6.61 Å². The first-order chi connectivity index (χ1) is 8.83. The van der Waals surface area contributed by atoms with Gasteiger partial charge < -0.3 is 40.2 Å². The summed E-state index contributed by atoms with van der Waals surface area (Å²) in [5.41, 5.74) is -2.21. The summed E-state index contributed by atoms with van der Waals surface area (Å²) < 4.78 is 24.8. The van der Waals surface area contributed by atoms with Crippen molar-refractivity contribution < 1.29 is 58.4 Å². The predicted molar refractivity (Wildman–Crippen MR) is 59.1 cm³/mol. The molecule has 0 rings (SSSR count). The minimum absolute atomic E-state index is 1.06. The molecule has 14 heteroatoms. The van der Waals surface area contributed by atoms with Crippen molar-refractivity contribution in [2.24, 2.45) is 0 Å². The number of hydrogen-bond donors (Lipinski definition) is 8. The molecule has 0 saturated heterocycles. The quantitative estimate of drug-likeness (QED) is 0.199. The number of aliphatic hydroxyl groups excluding tert-OH is 5.